The Kier molecular flexibility index (Phi) is 5.78. The summed E-state index contributed by atoms with van der Waals surface area (Å²) in [5, 5.41) is 4.42. The van der Waals surface area contributed by atoms with E-state index in [1.54, 1.807) is 0 Å². The fourth-order valence-corrected chi connectivity index (χ4v) is 6.28. The number of furan rings is 1. The first kappa shape index (κ1) is 25.4. The van der Waals surface area contributed by atoms with Gasteiger partial charge >= 0.3 is 0 Å². The molecule has 2 heterocycles. The Balaban J connectivity index is 1.09. The first-order chi connectivity index (χ1) is 22.3. The van der Waals surface area contributed by atoms with Gasteiger partial charge in [-0.1, -0.05) is 78.9 Å². The summed E-state index contributed by atoms with van der Waals surface area (Å²) in [6.45, 7) is 0. The first-order valence-corrected chi connectivity index (χ1v) is 15.0. The first-order valence-electron chi connectivity index (χ1n) is 15.0. The molecule has 2 aromatic heterocycles. The molecule has 0 aliphatic carbocycles. The third-order valence-corrected chi connectivity index (χ3v) is 8.48. The molecule has 0 amide bonds. The number of benzene rings is 7. The van der Waals surface area contributed by atoms with Crippen LogP contribution in [-0.4, -0.2) is 4.98 Å². The van der Waals surface area contributed by atoms with Crippen molar-refractivity contribution >= 4 is 60.9 Å². The zero-order chi connectivity index (χ0) is 29.7. The Bertz CT molecular complexity index is 2480. The summed E-state index contributed by atoms with van der Waals surface area (Å²) >= 11 is 0. The number of hydrogen-bond acceptors (Lipinski definition) is 4. The molecule has 0 saturated heterocycles. The lowest BCUT2D eigenvalue weighted by molar-refractivity contribution is 0.623. The number of hydrogen-bond donors (Lipinski definition) is 0. The van der Waals surface area contributed by atoms with E-state index in [9.17, 15) is 0 Å². The number of para-hydroxylation sites is 2. The van der Waals surface area contributed by atoms with Crippen LogP contribution in [0.2, 0.25) is 0 Å². The van der Waals surface area contributed by atoms with Crippen LogP contribution in [0.3, 0.4) is 0 Å². The molecule has 9 aromatic rings. The van der Waals surface area contributed by atoms with Crippen molar-refractivity contribution in [2.24, 2.45) is 0 Å². The molecule has 0 saturated carbocycles. The molecule has 0 radical (unpaired) electrons. The molecule has 0 spiro atoms. The van der Waals surface area contributed by atoms with Crippen molar-refractivity contribution in [3.63, 3.8) is 0 Å². The minimum Gasteiger partial charge on any atom is -0.456 e. The lowest BCUT2D eigenvalue weighted by atomic mass is 10.0. The summed E-state index contributed by atoms with van der Waals surface area (Å²) in [5.41, 5.74) is 9.90. The van der Waals surface area contributed by atoms with E-state index in [4.69, 9.17) is 13.8 Å². The zero-order valence-corrected chi connectivity index (χ0v) is 24.2. The standard InChI is InChI=1S/C41H26N2O2/c1-3-9-28(10-4-1)41-42-37-24-18-30-25-29(17-22-34(30)40(37)45-41)27-15-19-32(20-16-27)43(31-11-5-2-6-12-31)33-21-23-36-35-13-7-8-14-38(35)44-39(36)26-33/h1-26H. The van der Waals surface area contributed by atoms with Gasteiger partial charge in [0.2, 0.25) is 5.89 Å². The summed E-state index contributed by atoms with van der Waals surface area (Å²) in [6, 6.07) is 54.5. The van der Waals surface area contributed by atoms with Crippen molar-refractivity contribution < 1.29 is 8.83 Å². The summed E-state index contributed by atoms with van der Waals surface area (Å²) in [6.07, 6.45) is 0. The molecular weight excluding hydrogens is 552 g/mol. The van der Waals surface area contributed by atoms with Crippen LogP contribution in [0.15, 0.2) is 167 Å². The topological polar surface area (TPSA) is 42.4 Å². The summed E-state index contributed by atoms with van der Waals surface area (Å²) < 4.78 is 12.5. The molecule has 4 heteroatoms. The number of rotatable bonds is 5. The quantitative estimate of drug-likeness (QED) is 0.204. The van der Waals surface area contributed by atoms with E-state index in [1.165, 1.54) is 0 Å². The van der Waals surface area contributed by atoms with Gasteiger partial charge in [-0.2, -0.15) is 0 Å². The molecule has 0 atom stereocenters. The largest absolute Gasteiger partial charge is 0.456 e. The highest BCUT2D eigenvalue weighted by atomic mass is 16.3. The second-order valence-electron chi connectivity index (χ2n) is 11.2. The number of nitrogens with zero attached hydrogens (tertiary/aromatic N) is 2. The van der Waals surface area contributed by atoms with Gasteiger partial charge in [0.25, 0.3) is 0 Å². The monoisotopic (exact) mass is 578 g/mol. The lowest BCUT2D eigenvalue weighted by Crippen LogP contribution is -2.09. The maximum absolute atomic E-state index is 6.26. The molecule has 7 aromatic carbocycles. The van der Waals surface area contributed by atoms with Crippen LogP contribution in [0.1, 0.15) is 0 Å². The summed E-state index contributed by atoms with van der Waals surface area (Å²) in [7, 11) is 0. The van der Waals surface area contributed by atoms with Crippen molar-refractivity contribution in [1.29, 1.82) is 0 Å². The van der Waals surface area contributed by atoms with Gasteiger partial charge in [0, 0.05) is 44.9 Å². The van der Waals surface area contributed by atoms with Gasteiger partial charge in [-0.05, 0) is 89.3 Å². The molecule has 4 nitrogen and oxygen atoms in total. The predicted molar refractivity (Wildman–Crippen MR) is 184 cm³/mol. The van der Waals surface area contributed by atoms with Crippen LogP contribution >= 0.6 is 0 Å². The second-order valence-corrected chi connectivity index (χ2v) is 11.2. The number of anilines is 3. The highest BCUT2D eigenvalue weighted by Gasteiger charge is 2.16. The summed E-state index contributed by atoms with van der Waals surface area (Å²) in [4.78, 5) is 7.01. The fourth-order valence-electron chi connectivity index (χ4n) is 6.28. The Morgan fingerprint density at radius 2 is 1.09 bits per heavy atom. The molecule has 9 rings (SSSR count). The van der Waals surface area contributed by atoms with E-state index < -0.39 is 0 Å². The van der Waals surface area contributed by atoms with Crippen molar-refractivity contribution in [1.82, 2.24) is 4.98 Å². The normalized spacial score (nSPS) is 11.6. The van der Waals surface area contributed by atoms with Crippen molar-refractivity contribution in [3.05, 3.63) is 158 Å². The van der Waals surface area contributed by atoms with Crippen LogP contribution in [-0.2, 0) is 0 Å². The van der Waals surface area contributed by atoms with E-state index in [0.717, 1.165) is 77.6 Å². The maximum Gasteiger partial charge on any atom is 0.227 e. The van der Waals surface area contributed by atoms with E-state index in [1.807, 2.05) is 54.6 Å². The third kappa shape index (κ3) is 4.35. The zero-order valence-electron chi connectivity index (χ0n) is 24.2. The van der Waals surface area contributed by atoms with E-state index >= 15 is 0 Å². The molecule has 0 aliphatic heterocycles. The molecule has 212 valence electrons. The highest BCUT2D eigenvalue weighted by Crippen LogP contribution is 2.39. The Morgan fingerprint density at radius 1 is 0.422 bits per heavy atom. The number of aromatic nitrogens is 1. The van der Waals surface area contributed by atoms with Gasteiger partial charge in [-0.15, -0.1) is 0 Å². The van der Waals surface area contributed by atoms with Gasteiger partial charge in [-0.3, -0.25) is 0 Å². The van der Waals surface area contributed by atoms with E-state index in [-0.39, 0.29) is 0 Å². The van der Waals surface area contributed by atoms with Gasteiger partial charge in [0.05, 0.1) is 0 Å². The van der Waals surface area contributed by atoms with Gasteiger partial charge in [0.15, 0.2) is 5.58 Å². The minimum absolute atomic E-state index is 0.639. The fraction of sp³-hybridized carbons (Fsp3) is 0. The highest BCUT2D eigenvalue weighted by molar-refractivity contribution is 6.06. The molecule has 0 bridgehead atoms. The van der Waals surface area contributed by atoms with Gasteiger partial charge in [-0.25, -0.2) is 4.98 Å². The van der Waals surface area contributed by atoms with Gasteiger partial charge < -0.3 is 13.7 Å². The predicted octanol–water partition coefficient (Wildman–Crippen LogP) is 11.7. The molecule has 0 aliphatic rings. The van der Waals surface area contributed by atoms with Crippen LogP contribution < -0.4 is 4.90 Å². The molecule has 0 N–H and O–H groups in total. The molecular formula is C41H26N2O2. The molecule has 0 fully saturated rings. The number of fused-ring (bicyclic) bond motifs is 6. The second kappa shape index (κ2) is 10.2. The van der Waals surface area contributed by atoms with Crippen molar-refractivity contribution in [3.8, 4) is 22.6 Å². The molecule has 0 unspecified atom stereocenters. The Morgan fingerprint density at radius 3 is 1.93 bits per heavy atom. The minimum atomic E-state index is 0.639. The Labute approximate surface area is 259 Å². The van der Waals surface area contributed by atoms with Crippen LogP contribution in [0.4, 0.5) is 17.1 Å². The van der Waals surface area contributed by atoms with Crippen molar-refractivity contribution in [2.45, 2.75) is 0 Å². The third-order valence-electron chi connectivity index (χ3n) is 8.48. The van der Waals surface area contributed by atoms with Gasteiger partial charge in [0.1, 0.15) is 16.7 Å². The SMILES string of the molecule is c1ccc(-c2nc3ccc4cc(-c5ccc(N(c6ccccc6)c6ccc7c(c6)oc6ccccc67)cc5)ccc4c3o2)cc1. The average molecular weight is 579 g/mol. The van der Waals surface area contributed by atoms with Crippen LogP contribution in [0, 0.1) is 0 Å². The lowest BCUT2D eigenvalue weighted by Gasteiger charge is -2.25. The summed E-state index contributed by atoms with van der Waals surface area (Å²) in [5.74, 6) is 0.639. The van der Waals surface area contributed by atoms with Crippen molar-refractivity contribution in [2.75, 3.05) is 4.90 Å². The van der Waals surface area contributed by atoms with Crippen LogP contribution in [0.25, 0.3) is 66.4 Å². The average Bonchev–Trinajstić information content (AvgIpc) is 3.71. The smallest absolute Gasteiger partial charge is 0.227 e. The van der Waals surface area contributed by atoms with E-state index in [2.05, 4.69) is 108 Å². The Hall–Kier alpha value is -6.13. The van der Waals surface area contributed by atoms with Crippen LogP contribution in [0.5, 0.6) is 0 Å². The molecule has 45 heavy (non-hydrogen) atoms. The van der Waals surface area contributed by atoms with E-state index in [0.29, 0.717) is 5.89 Å². The maximum atomic E-state index is 6.26. The number of oxazole rings is 1.